The van der Waals surface area contributed by atoms with E-state index in [0.29, 0.717) is 18.8 Å². The molecule has 0 atom stereocenters. The van der Waals surface area contributed by atoms with E-state index in [1.807, 2.05) is 0 Å². The van der Waals surface area contributed by atoms with Gasteiger partial charge >= 0.3 is 5.69 Å². The average Bonchev–Trinajstić information content (AvgIpc) is 2.48. The first-order chi connectivity index (χ1) is 9.95. The second-order valence-electron chi connectivity index (χ2n) is 5.69. The van der Waals surface area contributed by atoms with Gasteiger partial charge in [0, 0.05) is 12.7 Å². The molecule has 112 valence electrons. The minimum Gasteiger partial charge on any atom is -0.388 e. The maximum absolute atomic E-state index is 11.1. The van der Waals surface area contributed by atoms with Crippen LogP contribution in [0.2, 0.25) is 0 Å². The van der Waals surface area contributed by atoms with Crippen molar-refractivity contribution in [1.29, 1.82) is 5.26 Å². The summed E-state index contributed by atoms with van der Waals surface area (Å²) in [6.45, 7) is 2.35. The van der Waals surface area contributed by atoms with Crippen LogP contribution in [-0.4, -0.2) is 27.2 Å². The molecule has 2 rings (SSSR count). The molecule has 1 aliphatic carbocycles. The van der Waals surface area contributed by atoms with Crippen LogP contribution >= 0.6 is 0 Å². The van der Waals surface area contributed by atoms with E-state index in [1.54, 1.807) is 6.07 Å². The van der Waals surface area contributed by atoms with E-state index in [2.05, 4.69) is 17.2 Å². The SMILES string of the molecule is CC1CCC(O)(CNc2nccc(C#N)c2[N+](=O)[O-])CC1. The third kappa shape index (κ3) is 3.47. The maximum atomic E-state index is 11.1. The Morgan fingerprint density at radius 2 is 2.29 bits per heavy atom. The Labute approximate surface area is 122 Å². The molecule has 1 heterocycles. The van der Waals surface area contributed by atoms with Gasteiger partial charge in [0.2, 0.25) is 5.82 Å². The predicted molar refractivity (Wildman–Crippen MR) is 76.7 cm³/mol. The van der Waals surface area contributed by atoms with Gasteiger partial charge in [-0.3, -0.25) is 10.1 Å². The van der Waals surface area contributed by atoms with Crippen LogP contribution in [0.4, 0.5) is 11.5 Å². The summed E-state index contributed by atoms with van der Waals surface area (Å²) >= 11 is 0. The average molecular weight is 290 g/mol. The molecule has 0 aliphatic heterocycles. The monoisotopic (exact) mass is 290 g/mol. The molecule has 0 saturated heterocycles. The van der Waals surface area contributed by atoms with Gasteiger partial charge in [0.05, 0.1) is 10.5 Å². The van der Waals surface area contributed by atoms with Gasteiger partial charge in [-0.25, -0.2) is 4.98 Å². The Morgan fingerprint density at radius 3 is 2.86 bits per heavy atom. The van der Waals surface area contributed by atoms with Gasteiger partial charge in [0.25, 0.3) is 0 Å². The van der Waals surface area contributed by atoms with Crippen molar-refractivity contribution in [2.24, 2.45) is 5.92 Å². The Morgan fingerprint density at radius 1 is 1.62 bits per heavy atom. The van der Waals surface area contributed by atoms with Crippen LogP contribution in [0.3, 0.4) is 0 Å². The molecule has 1 saturated carbocycles. The summed E-state index contributed by atoms with van der Waals surface area (Å²) in [6.07, 6.45) is 4.54. The summed E-state index contributed by atoms with van der Waals surface area (Å²) in [6, 6.07) is 3.09. The van der Waals surface area contributed by atoms with E-state index in [0.717, 1.165) is 12.8 Å². The van der Waals surface area contributed by atoms with Crippen molar-refractivity contribution >= 4 is 11.5 Å². The Kier molecular flexibility index (Phi) is 4.38. The van der Waals surface area contributed by atoms with Crippen LogP contribution in [0.25, 0.3) is 0 Å². The second-order valence-corrected chi connectivity index (χ2v) is 5.69. The fourth-order valence-electron chi connectivity index (χ4n) is 2.58. The quantitative estimate of drug-likeness (QED) is 0.649. The second kappa shape index (κ2) is 6.06. The third-order valence-corrected chi connectivity index (χ3v) is 4.02. The minimum atomic E-state index is -0.870. The van der Waals surface area contributed by atoms with E-state index in [1.165, 1.54) is 12.3 Å². The highest BCUT2D eigenvalue weighted by Crippen LogP contribution is 2.33. The van der Waals surface area contributed by atoms with Crippen LogP contribution in [0.15, 0.2) is 12.3 Å². The van der Waals surface area contributed by atoms with Crippen molar-refractivity contribution in [3.8, 4) is 6.07 Å². The molecule has 0 bridgehead atoms. The number of hydrogen-bond acceptors (Lipinski definition) is 6. The molecular formula is C14H18N4O3. The van der Waals surface area contributed by atoms with Gasteiger partial charge in [-0.05, 0) is 37.7 Å². The topological polar surface area (TPSA) is 112 Å². The summed E-state index contributed by atoms with van der Waals surface area (Å²) < 4.78 is 0. The number of aliphatic hydroxyl groups is 1. The molecule has 7 nitrogen and oxygen atoms in total. The lowest BCUT2D eigenvalue weighted by molar-refractivity contribution is -0.384. The van der Waals surface area contributed by atoms with Gasteiger partial charge in [-0.15, -0.1) is 0 Å². The molecule has 0 spiro atoms. The van der Waals surface area contributed by atoms with Crippen LogP contribution in [0.1, 0.15) is 38.2 Å². The van der Waals surface area contributed by atoms with Crippen LogP contribution in [0, 0.1) is 27.4 Å². The van der Waals surface area contributed by atoms with Gasteiger partial charge < -0.3 is 10.4 Å². The highest BCUT2D eigenvalue weighted by Gasteiger charge is 2.32. The van der Waals surface area contributed by atoms with Gasteiger partial charge in [0.15, 0.2) is 0 Å². The molecule has 0 unspecified atom stereocenters. The molecule has 0 aromatic carbocycles. The number of nitriles is 1. The Bertz CT molecular complexity index is 574. The lowest BCUT2D eigenvalue weighted by atomic mass is 9.79. The van der Waals surface area contributed by atoms with Crippen molar-refractivity contribution in [3.05, 3.63) is 27.9 Å². The van der Waals surface area contributed by atoms with Crippen molar-refractivity contribution in [2.45, 2.75) is 38.2 Å². The van der Waals surface area contributed by atoms with Crippen LogP contribution in [0.5, 0.6) is 0 Å². The molecule has 1 aliphatic rings. The van der Waals surface area contributed by atoms with Crippen molar-refractivity contribution in [3.63, 3.8) is 0 Å². The molecule has 1 aromatic heterocycles. The van der Waals surface area contributed by atoms with Crippen molar-refractivity contribution < 1.29 is 10.0 Å². The van der Waals surface area contributed by atoms with Gasteiger partial charge in [0.1, 0.15) is 11.6 Å². The summed E-state index contributed by atoms with van der Waals surface area (Å²) in [4.78, 5) is 14.4. The van der Waals surface area contributed by atoms with E-state index in [9.17, 15) is 15.2 Å². The number of aromatic nitrogens is 1. The first-order valence-corrected chi connectivity index (χ1v) is 6.95. The van der Waals surface area contributed by atoms with Gasteiger partial charge in [-0.1, -0.05) is 6.92 Å². The molecule has 0 amide bonds. The fraction of sp³-hybridized carbons (Fsp3) is 0.571. The highest BCUT2D eigenvalue weighted by atomic mass is 16.6. The Hall–Kier alpha value is -2.20. The summed E-state index contributed by atoms with van der Waals surface area (Å²) in [7, 11) is 0. The van der Waals surface area contributed by atoms with Crippen LogP contribution in [-0.2, 0) is 0 Å². The predicted octanol–water partition coefficient (Wildman–Crippen LogP) is 2.21. The summed E-state index contributed by atoms with van der Waals surface area (Å²) in [5.41, 5.74) is -1.25. The largest absolute Gasteiger partial charge is 0.388 e. The first kappa shape index (κ1) is 15.2. The number of rotatable bonds is 4. The molecule has 1 fully saturated rings. The zero-order valence-corrected chi connectivity index (χ0v) is 11.9. The molecule has 7 heteroatoms. The number of nitro groups is 1. The lowest BCUT2D eigenvalue weighted by Crippen LogP contribution is -2.40. The normalized spacial score (nSPS) is 25.1. The van der Waals surface area contributed by atoms with Crippen LogP contribution < -0.4 is 5.32 Å². The number of pyridine rings is 1. The molecule has 2 N–H and O–H groups in total. The van der Waals surface area contributed by atoms with Crippen molar-refractivity contribution in [1.82, 2.24) is 4.98 Å². The van der Waals surface area contributed by atoms with Crippen molar-refractivity contribution in [2.75, 3.05) is 11.9 Å². The Balaban J connectivity index is 2.14. The smallest absolute Gasteiger partial charge is 0.328 e. The standard InChI is InChI=1S/C14H18N4O3/c1-10-2-5-14(19,6-3-10)9-17-13-12(18(20)21)11(8-15)4-7-16-13/h4,7,10,19H,2-3,5-6,9H2,1H3,(H,16,17). The molecule has 21 heavy (non-hydrogen) atoms. The minimum absolute atomic E-state index is 0.0334. The lowest BCUT2D eigenvalue weighted by Gasteiger charge is -2.35. The first-order valence-electron chi connectivity index (χ1n) is 6.95. The number of nitrogens with zero attached hydrogens (tertiary/aromatic N) is 3. The van der Waals surface area contributed by atoms with E-state index < -0.39 is 10.5 Å². The van der Waals surface area contributed by atoms with E-state index in [4.69, 9.17) is 5.26 Å². The van der Waals surface area contributed by atoms with E-state index >= 15 is 0 Å². The zero-order chi connectivity index (χ0) is 15.5. The zero-order valence-electron chi connectivity index (χ0n) is 11.9. The molecule has 0 radical (unpaired) electrons. The summed E-state index contributed by atoms with van der Waals surface area (Å²) in [5.74, 6) is 0.630. The number of hydrogen-bond donors (Lipinski definition) is 2. The van der Waals surface area contributed by atoms with E-state index in [-0.39, 0.29) is 23.6 Å². The molecular weight excluding hydrogens is 272 g/mol. The number of nitrogens with one attached hydrogen (secondary N) is 1. The molecule has 1 aromatic rings. The fourth-order valence-corrected chi connectivity index (χ4v) is 2.58. The highest BCUT2D eigenvalue weighted by molar-refractivity contribution is 5.64. The summed E-state index contributed by atoms with van der Waals surface area (Å²) in [5, 5.41) is 33.3. The third-order valence-electron chi connectivity index (χ3n) is 4.02. The maximum Gasteiger partial charge on any atom is 0.328 e. The number of anilines is 1. The van der Waals surface area contributed by atoms with Gasteiger partial charge in [-0.2, -0.15) is 5.26 Å².